The van der Waals surface area contributed by atoms with Gasteiger partial charge in [0.2, 0.25) is 0 Å². The molecule has 0 bridgehead atoms. The van der Waals surface area contributed by atoms with Crippen molar-refractivity contribution < 1.29 is 4.79 Å². The third-order valence-corrected chi connectivity index (χ3v) is 7.03. The van der Waals surface area contributed by atoms with Crippen molar-refractivity contribution >= 4 is 32.0 Å². The number of carbonyl (C=O) groups is 1. The van der Waals surface area contributed by atoms with E-state index < -0.39 is 0 Å². The molecule has 25 heavy (non-hydrogen) atoms. The fraction of sp³-hybridized carbons (Fsp3) is 0.100. The summed E-state index contributed by atoms with van der Waals surface area (Å²) in [5.74, 6) is 0.0508. The van der Waals surface area contributed by atoms with Gasteiger partial charge in [0.05, 0.1) is 0 Å². The van der Waals surface area contributed by atoms with Gasteiger partial charge in [0, 0.05) is 0 Å². The quantitative estimate of drug-likeness (QED) is 0.785. The van der Waals surface area contributed by atoms with Gasteiger partial charge in [-0.05, 0) is 0 Å². The van der Waals surface area contributed by atoms with Crippen LogP contribution in [0.25, 0.3) is 5.57 Å². The Balaban J connectivity index is 1.97. The average molecular weight is 394 g/mol. The van der Waals surface area contributed by atoms with Crippen LogP contribution < -0.4 is 11.2 Å². The molecule has 2 aromatic carbocycles. The van der Waals surface area contributed by atoms with Crippen molar-refractivity contribution in [3.8, 4) is 0 Å². The number of nitrogens with zero attached hydrogens (tertiary/aromatic N) is 1. The van der Waals surface area contributed by atoms with E-state index in [1.807, 2.05) is 48.5 Å². The van der Waals surface area contributed by atoms with Gasteiger partial charge in [-0.3, -0.25) is 0 Å². The van der Waals surface area contributed by atoms with Crippen LogP contribution in [0.3, 0.4) is 0 Å². The molecule has 3 N–H and O–H groups in total. The van der Waals surface area contributed by atoms with Crippen molar-refractivity contribution in [3.05, 3.63) is 87.5 Å². The molecule has 0 saturated heterocycles. The number of ketones is 1. The summed E-state index contributed by atoms with van der Waals surface area (Å²) in [7, 11) is 0. The van der Waals surface area contributed by atoms with Crippen LogP contribution in [0, 0.1) is 0 Å². The van der Waals surface area contributed by atoms with Gasteiger partial charge >= 0.3 is 152 Å². The van der Waals surface area contributed by atoms with Crippen molar-refractivity contribution in [2.75, 3.05) is 0 Å². The second kappa shape index (κ2) is 6.36. The van der Waals surface area contributed by atoms with Crippen molar-refractivity contribution in [2.24, 2.45) is 10.8 Å². The second-order valence-corrected chi connectivity index (χ2v) is 8.25. The molecular weight excluding hydrogens is 377 g/mol. The number of hydrogen-bond donors (Lipinski definition) is 2. The molecule has 2 aliphatic rings. The first-order valence-electron chi connectivity index (χ1n) is 8.03. The van der Waals surface area contributed by atoms with Crippen LogP contribution in [0.2, 0.25) is 0 Å². The molecule has 5 heteroatoms. The summed E-state index contributed by atoms with van der Waals surface area (Å²) < 4.78 is 0.748. The molecule has 1 unspecified atom stereocenters. The normalized spacial score (nSPS) is 19.4. The number of carbonyl (C=O) groups excluding carboxylic acids is 1. The van der Waals surface area contributed by atoms with Crippen LogP contribution in [0.5, 0.6) is 0 Å². The number of benzene rings is 2. The topological polar surface area (TPSA) is 67.5 Å². The Hall–Kier alpha value is -2.62. The minimum absolute atomic E-state index is 0.00840. The van der Waals surface area contributed by atoms with Gasteiger partial charge in [-0.2, -0.15) is 0 Å². The Morgan fingerprint density at radius 1 is 1.04 bits per heavy atom. The molecule has 2 aliphatic heterocycles. The van der Waals surface area contributed by atoms with E-state index in [0.717, 1.165) is 32.5 Å². The van der Waals surface area contributed by atoms with Gasteiger partial charge in [-0.1, -0.05) is 0 Å². The molecule has 0 fully saturated rings. The fourth-order valence-corrected chi connectivity index (χ4v) is 5.46. The van der Waals surface area contributed by atoms with E-state index in [1.54, 1.807) is 6.92 Å². The Labute approximate surface area is 152 Å². The first-order valence-corrected chi connectivity index (χ1v) is 9.87. The van der Waals surface area contributed by atoms with Crippen LogP contribution in [0.4, 0.5) is 0 Å². The van der Waals surface area contributed by atoms with Gasteiger partial charge in [0.1, 0.15) is 0 Å². The van der Waals surface area contributed by atoms with Crippen molar-refractivity contribution in [1.29, 1.82) is 0 Å². The summed E-state index contributed by atoms with van der Waals surface area (Å²) >= 11 is -0.0585. The van der Waals surface area contributed by atoms with Gasteiger partial charge in [0.15, 0.2) is 0 Å². The molecule has 2 heterocycles. The van der Waals surface area contributed by atoms with Gasteiger partial charge in [-0.25, -0.2) is 0 Å². The molecule has 1 atom stereocenters. The predicted molar refractivity (Wildman–Crippen MR) is 101 cm³/mol. The standard InChI is InChI=1S/C20H17N3OSe/c1-12(24)19-17(21)16-15(13-8-4-2-5-9-13)18(22-23-20(16)25-19)14-10-6-3-7-11-14/h2-11,20,23H,21H2,1H3. The van der Waals surface area contributed by atoms with E-state index in [1.165, 1.54) is 0 Å². The number of allylic oxidation sites excluding steroid dienone is 2. The summed E-state index contributed by atoms with van der Waals surface area (Å²) in [4.78, 5) is 12.0. The molecule has 124 valence electrons. The molecule has 0 spiro atoms. The molecule has 2 aromatic rings. The zero-order chi connectivity index (χ0) is 17.4. The number of Topliss-reactive ketones (excluding diaryl/α,β-unsaturated/α-hetero) is 1. The molecule has 0 radical (unpaired) electrons. The predicted octanol–water partition coefficient (Wildman–Crippen LogP) is 2.25. The summed E-state index contributed by atoms with van der Waals surface area (Å²) in [6.07, 6.45) is 0. The first-order chi connectivity index (χ1) is 12.2. The van der Waals surface area contributed by atoms with E-state index in [-0.39, 0.29) is 25.7 Å². The van der Waals surface area contributed by atoms with E-state index in [9.17, 15) is 4.79 Å². The van der Waals surface area contributed by atoms with Crippen molar-refractivity contribution in [2.45, 2.75) is 11.9 Å². The number of rotatable bonds is 3. The summed E-state index contributed by atoms with van der Waals surface area (Å²) in [6, 6.07) is 20.2. The molecular formula is C20H17N3OSe. The Bertz CT molecular complexity index is 930. The van der Waals surface area contributed by atoms with Crippen molar-refractivity contribution in [3.63, 3.8) is 0 Å². The third-order valence-electron chi connectivity index (χ3n) is 4.26. The van der Waals surface area contributed by atoms with Crippen LogP contribution >= 0.6 is 0 Å². The molecule has 4 nitrogen and oxygen atoms in total. The van der Waals surface area contributed by atoms with Crippen LogP contribution in [0.1, 0.15) is 18.1 Å². The average Bonchev–Trinajstić information content (AvgIpc) is 3.00. The molecule has 4 rings (SSSR count). The van der Waals surface area contributed by atoms with Crippen LogP contribution in [0.15, 0.2) is 81.5 Å². The molecule has 0 saturated carbocycles. The van der Waals surface area contributed by atoms with Crippen LogP contribution in [-0.4, -0.2) is 31.4 Å². The second-order valence-electron chi connectivity index (χ2n) is 5.91. The third kappa shape index (κ3) is 2.72. The Morgan fingerprint density at radius 3 is 2.24 bits per heavy atom. The van der Waals surface area contributed by atoms with Gasteiger partial charge in [-0.15, -0.1) is 0 Å². The maximum absolute atomic E-state index is 12.0. The summed E-state index contributed by atoms with van der Waals surface area (Å²) in [5, 5.41) is 4.66. The maximum atomic E-state index is 12.0. The SMILES string of the molecule is CC(=O)C1=C(N)C2=C(c3ccccc3)C(c3ccccc3)=NNC2[Se]1. The Kier molecular flexibility index (Phi) is 4.04. The van der Waals surface area contributed by atoms with E-state index in [4.69, 9.17) is 5.73 Å². The minimum atomic E-state index is -0.0585. The Morgan fingerprint density at radius 2 is 1.64 bits per heavy atom. The van der Waals surface area contributed by atoms with E-state index in [0.29, 0.717) is 5.70 Å². The number of nitrogens with two attached hydrogens (primary N) is 1. The monoisotopic (exact) mass is 395 g/mol. The van der Waals surface area contributed by atoms with Gasteiger partial charge in [0.25, 0.3) is 0 Å². The number of fused-ring (bicyclic) bond motifs is 1. The van der Waals surface area contributed by atoms with Gasteiger partial charge < -0.3 is 0 Å². The summed E-state index contributed by atoms with van der Waals surface area (Å²) in [5.41, 5.74) is 15.2. The first kappa shape index (κ1) is 15.9. The number of hydrazone groups is 1. The van der Waals surface area contributed by atoms with E-state index in [2.05, 4.69) is 22.7 Å². The summed E-state index contributed by atoms with van der Waals surface area (Å²) in [6.45, 7) is 1.59. The zero-order valence-corrected chi connectivity index (χ0v) is 15.4. The van der Waals surface area contributed by atoms with E-state index >= 15 is 0 Å². The molecule has 0 aromatic heterocycles. The zero-order valence-electron chi connectivity index (χ0n) is 13.7. The van der Waals surface area contributed by atoms with Crippen LogP contribution in [-0.2, 0) is 4.79 Å². The fourth-order valence-electron chi connectivity index (χ4n) is 3.14. The number of hydrogen-bond acceptors (Lipinski definition) is 4. The molecule has 0 amide bonds. The molecule has 0 aliphatic carbocycles. The van der Waals surface area contributed by atoms with Crippen molar-refractivity contribution in [1.82, 2.24) is 5.43 Å². The number of nitrogens with one attached hydrogen (secondary N) is 1.